The number of nitrogens with zero attached hydrogens (tertiary/aromatic N) is 1. The first-order valence-electron chi connectivity index (χ1n) is 6.52. The number of aliphatic hydroxyl groups is 1. The molecule has 6 heteroatoms. The lowest BCUT2D eigenvalue weighted by Crippen LogP contribution is -2.51. The van der Waals surface area contributed by atoms with Crippen molar-refractivity contribution in [2.24, 2.45) is 0 Å². The van der Waals surface area contributed by atoms with Gasteiger partial charge in [-0.15, -0.1) is 0 Å². The SMILES string of the molecule is COC1=C(C)C(=O)C2=C(CN3C(=O)CCC3[C@H]2O)C1=O. The third-order valence-corrected chi connectivity index (χ3v) is 4.30. The molecular weight excluding hydrogens is 262 g/mol. The van der Waals surface area contributed by atoms with Crippen molar-refractivity contribution >= 4 is 17.5 Å². The van der Waals surface area contributed by atoms with Crippen molar-refractivity contribution in [1.82, 2.24) is 4.90 Å². The van der Waals surface area contributed by atoms with Crippen LogP contribution >= 0.6 is 0 Å². The highest BCUT2D eigenvalue weighted by Gasteiger charge is 2.48. The van der Waals surface area contributed by atoms with E-state index in [1.54, 1.807) is 0 Å². The van der Waals surface area contributed by atoms with Gasteiger partial charge in [0, 0.05) is 23.1 Å². The predicted octanol–water partition coefficient (Wildman–Crippen LogP) is -0.279. The molecule has 0 radical (unpaired) electrons. The molecular formula is C14H15NO5. The van der Waals surface area contributed by atoms with Crippen molar-refractivity contribution < 1.29 is 24.2 Å². The van der Waals surface area contributed by atoms with E-state index in [-0.39, 0.29) is 40.7 Å². The lowest BCUT2D eigenvalue weighted by atomic mass is 9.80. The zero-order valence-corrected chi connectivity index (χ0v) is 11.3. The highest BCUT2D eigenvalue weighted by atomic mass is 16.5. The molecule has 1 saturated heterocycles. The Balaban J connectivity index is 2.10. The fraction of sp³-hybridized carbons (Fsp3) is 0.500. The van der Waals surface area contributed by atoms with Gasteiger partial charge in [0.05, 0.1) is 19.7 Å². The van der Waals surface area contributed by atoms with E-state index in [4.69, 9.17) is 4.74 Å². The van der Waals surface area contributed by atoms with E-state index in [0.717, 1.165) is 0 Å². The van der Waals surface area contributed by atoms with Gasteiger partial charge in [0.1, 0.15) is 6.10 Å². The van der Waals surface area contributed by atoms with Gasteiger partial charge in [-0.3, -0.25) is 14.4 Å². The Morgan fingerprint density at radius 3 is 2.60 bits per heavy atom. The van der Waals surface area contributed by atoms with E-state index in [1.165, 1.54) is 18.9 Å². The lowest BCUT2D eigenvalue weighted by molar-refractivity contribution is -0.131. The van der Waals surface area contributed by atoms with Gasteiger partial charge in [0.25, 0.3) is 0 Å². The molecule has 0 spiro atoms. The second kappa shape index (κ2) is 4.28. The largest absolute Gasteiger partial charge is 0.492 e. The molecule has 2 aliphatic heterocycles. The number of rotatable bonds is 1. The number of allylic oxidation sites excluding steroid dienone is 2. The van der Waals surface area contributed by atoms with Crippen LogP contribution < -0.4 is 0 Å². The number of hydrogen-bond acceptors (Lipinski definition) is 5. The van der Waals surface area contributed by atoms with Crippen LogP contribution in [-0.4, -0.2) is 53.3 Å². The van der Waals surface area contributed by atoms with Gasteiger partial charge in [0.2, 0.25) is 11.7 Å². The van der Waals surface area contributed by atoms with Crippen molar-refractivity contribution in [2.45, 2.75) is 31.9 Å². The molecule has 2 atom stereocenters. The quantitative estimate of drug-likeness (QED) is 0.666. The summed E-state index contributed by atoms with van der Waals surface area (Å²) < 4.78 is 5.00. The molecule has 1 fully saturated rings. The monoisotopic (exact) mass is 277 g/mol. The number of hydrogen-bond donors (Lipinski definition) is 1. The van der Waals surface area contributed by atoms with Crippen LogP contribution in [0.1, 0.15) is 19.8 Å². The molecule has 0 bridgehead atoms. The van der Waals surface area contributed by atoms with E-state index in [0.29, 0.717) is 12.8 Å². The van der Waals surface area contributed by atoms with E-state index in [2.05, 4.69) is 0 Å². The average molecular weight is 277 g/mol. The standard InChI is InChI=1S/C14H15NO5/c1-6-11(17)10-7(12(18)14(6)20-2)5-15-8(13(10)19)3-4-9(15)16/h8,13,19H,3-5H2,1-2H3/t8?,13-/m1/s1. The number of fused-ring (bicyclic) bond motifs is 1. The fourth-order valence-corrected chi connectivity index (χ4v) is 3.24. The minimum absolute atomic E-state index is 0.00560. The summed E-state index contributed by atoms with van der Waals surface area (Å²) >= 11 is 0. The zero-order chi connectivity index (χ0) is 14.6. The maximum absolute atomic E-state index is 12.3. The Morgan fingerprint density at radius 1 is 1.25 bits per heavy atom. The molecule has 0 aromatic carbocycles. The molecule has 3 rings (SSSR count). The molecule has 0 aromatic rings. The summed E-state index contributed by atoms with van der Waals surface area (Å²) in [5.41, 5.74) is 0.550. The Kier molecular flexibility index (Phi) is 2.79. The first kappa shape index (κ1) is 13.1. The number of carbonyl (C=O) groups is 3. The lowest BCUT2D eigenvalue weighted by Gasteiger charge is -2.38. The Bertz CT molecular complexity index is 601. The van der Waals surface area contributed by atoms with Crippen molar-refractivity contribution in [3.05, 3.63) is 22.5 Å². The summed E-state index contributed by atoms with van der Waals surface area (Å²) in [7, 11) is 1.33. The van der Waals surface area contributed by atoms with E-state index >= 15 is 0 Å². The van der Waals surface area contributed by atoms with Gasteiger partial charge in [-0.05, 0) is 13.3 Å². The number of amides is 1. The van der Waals surface area contributed by atoms with Gasteiger partial charge >= 0.3 is 0 Å². The van der Waals surface area contributed by atoms with Gasteiger partial charge in [-0.2, -0.15) is 0 Å². The molecule has 1 unspecified atom stereocenters. The summed E-state index contributed by atoms with van der Waals surface area (Å²) in [4.78, 5) is 38.0. The van der Waals surface area contributed by atoms with Gasteiger partial charge in [-0.1, -0.05) is 0 Å². The molecule has 1 aliphatic carbocycles. The molecule has 1 N–H and O–H groups in total. The fourth-order valence-electron chi connectivity index (χ4n) is 3.24. The number of ketones is 2. The van der Waals surface area contributed by atoms with Crippen LogP contribution in [0.3, 0.4) is 0 Å². The summed E-state index contributed by atoms with van der Waals surface area (Å²) in [5, 5.41) is 10.4. The second-order valence-corrected chi connectivity index (χ2v) is 5.28. The number of aliphatic hydroxyl groups excluding tert-OH is 1. The average Bonchev–Trinajstić information content (AvgIpc) is 2.79. The summed E-state index contributed by atoms with van der Waals surface area (Å²) in [6.07, 6.45) is -0.234. The Morgan fingerprint density at radius 2 is 1.95 bits per heavy atom. The van der Waals surface area contributed by atoms with Gasteiger partial charge in [0.15, 0.2) is 11.5 Å². The van der Waals surface area contributed by atoms with Gasteiger partial charge in [-0.25, -0.2) is 0 Å². The number of Topliss-reactive ketones (excluding diaryl/α,β-unsaturated/α-hetero) is 2. The predicted molar refractivity (Wildman–Crippen MR) is 67.5 cm³/mol. The Labute approximate surface area is 115 Å². The topological polar surface area (TPSA) is 83.9 Å². The minimum Gasteiger partial charge on any atom is -0.492 e. The van der Waals surface area contributed by atoms with Gasteiger partial charge < -0.3 is 14.7 Å². The van der Waals surface area contributed by atoms with Crippen molar-refractivity contribution in [1.29, 1.82) is 0 Å². The minimum atomic E-state index is -1.09. The molecule has 1 amide bonds. The normalized spacial score (nSPS) is 29.9. The summed E-state index contributed by atoms with van der Waals surface area (Å²) in [5.74, 6) is -0.850. The third kappa shape index (κ3) is 1.51. The highest BCUT2D eigenvalue weighted by molar-refractivity contribution is 6.25. The van der Waals surface area contributed by atoms with E-state index in [1.807, 2.05) is 0 Å². The molecule has 2 heterocycles. The van der Waals surface area contributed by atoms with Crippen molar-refractivity contribution in [3.63, 3.8) is 0 Å². The smallest absolute Gasteiger partial charge is 0.226 e. The van der Waals surface area contributed by atoms with Crippen molar-refractivity contribution in [2.75, 3.05) is 13.7 Å². The van der Waals surface area contributed by atoms with Crippen LogP contribution in [0, 0.1) is 0 Å². The maximum Gasteiger partial charge on any atom is 0.226 e. The number of methoxy groups -OCH3 is 1. The third-order valence-electron chi connectivity index (χ3n) is 4.30. The number of ether oxygens (including phenoxy) is 1. The van der Waals surface area contributed by atoms with Crippen LogP contribution in [0.2, 0.25) is 0 Å². The molecule has 0 saturated carbocycles. The summed E-state index contributed by atoms with van der Waals surface area (Å²) in [6, 6.07) is -0.394. The van der Waals surface area contributed by atoms with Crippen LogP contribution in [-0.2, 0) is 19.1 Å². The van der Waals surface area contributed by atoms with E-state index in [9.17, 15) is 19.5 Å². The summed E-state index contributed by atoms with van der Waals surface area (Å²) in [6.45, 7) is 1.60. The van der Waals surface area contributed by atoms with Crippen molar-refractivity contribution in [3.8, 4) is 0 Å². The molecule has 20 heavy (non-hydrogen) atoms. The number of carbonyl (C=O) groups excluding carboxylic acids is 3. The van der Waals surface area contributed by atoms with Crippen LogP contribution in [0.25, 0.3) is 0 Å². The first-order valence-corrected chi connectivity index (χ1v) is 6.52. The first-order chi connectivity index (χ1) is 9.47. The highest BCUT2D eigenvalue weighted by Crippen LogP contribution is 2.37. The second-order valence-electron chi connectivity index (χ2n) is 5.28. The van der Waals surface area contributed by atoms with E-state index < -0.39 is 17.9 Å². The maximum atomic E-state index is 12.3. The molecule has 6 nitrogen and oxygen atoms in total. The zero-order valence-electron chi connectivity index (χ0n) is 11.3. The molecule has 106 valence electrons. The van der Waals surface area contributed by atoms with Crippen LogP contribution in [0.4, 0.5) is 0 Å². The van der Waals surface area contributed by atoms with Crippen LogP contribution in [0.15, 0.2) is 22.5 Å². The Hall–Kier alpha value is -1.95. The molecule has 3 aliphatic rings. The van der Waals surface area contributed by atoms with Crippen LogP contribution in [0.5, 0.6) is 0 Å². The molecule has 0 aromatic heterocycles.